The molecule has 0 aliphatic rings. The second-order valence-electron chi connectivity index (χ2n) is 7.15. The molecule has 0 bridgehead atoms. The molecule has 0 spiro atoms. The molecule has 1 amide bonds. The first-order valence-corrected chi connectivity index (χ1v) is 13.3. The lowest BCUT2D eigenvalue weighted by Crippen LogP contribution is -2.32. The van der Waals surface area contributed by atoms with Gasteiger partial charge in [-0.2, -0.15) is 19.8 Å². The summed E-state index contributed by atoms with van der Waals surface area (Å²) in [5, 5.41) is 18.4. The molecule has 0 radical (unpaired) electrons. The number of amides is 1. The van der Waals surface area contributed by atoms with Crippen molar-refractivity contribution in [3.05, 3.63) is 69.5 Å². The lowest BCUT2D eigenvalue weighted by Gasteiger charge is -2.20. The number of nitriles is 2. The van der Waals surface area contributed by atoms with Gasteiger partial charge in [-0.3, -0.25) is 4.79 Å². The Labute approximate surface area is 216 Å². The fourth-order valence-corrected chi connectivity index (χ4v) is 6.22. The third-order valence-corrected chi connectivity index (χ3v) is 8.68. The van der Waals surface area contributed by atoms with Crippen LogP contribution in [-0.4, -0.2) is 36.3 Å². The van der Waals surface area contributed by atoms with Crippen molar-refractivity contribution in [1.29, 1.82) is 10.5 Å². The van der Waals surface area contributed by atoms with E-state index in [1.165, 1.54) is 35.6 Å². The first kappa shape index (κ1) is 26.6. The second-order valence-corrected chi connectivity index (χ2v) is 10.9. The summed E-state index contributed by atoms with van der Waals surface area (Å²) in [6.07, 6.45) is 1.64. The van der Waals surface area contributed by atoms with Crippen LogP contribution in [0.2, 0.25) is 10.0 Å². The molecule has 12 heteroatoms. The predicted octanol–water partition coefficient (Wildman–Crippen LogP) is 4.75. The Morgan fingerprint density at radius 3 is 2.31 bits per heavy atom. The van der Waals surface area contributed by atoms with E-state index in [4.69, 9.17) is 33.7 Å². The maximum atomic E-state index is 13.0. The fourth-order valence-electron chi connectivity index (χ4n) is 3.26. The number of allylic oxidation sites excluding steroid dienone is 1. The fraction of sp³-hybridized carbons (Fsp3) is 0.217. The molecule has 0 aliphatic heterocycles. The lowest BCUT2D eigenvalue weighted by molar-refractivity contribution is 0.0997. The molecule has 0 saturated heterocycles. The van der Waals surface area contributed by atoms with Crippen LogP contribution in [0.5, 0.6) is 0 Å². The van der Waals surface area contributed by atoms with E-state index in [-0.39, 0.29) is 36.4 Å². The first-order valence-electron chi connectivity index (χ1n) is 10.3. The number of aromatic nitrogens is 1. The van der Waals surface area contributed by atoms with Crippen LogP contribution in [0.4, 0.5) is 0 Å². The largest absolute Gasteiger partial charge is 0.311 e. The van der Waals surface area contributed by atoms with E-state index in [1.54, 1.807) is 22.8 Å². The molecule has 0 unspecified atom stereocenters. The zero-order chi connectivity index (χ0) is 25.6. The maximum absolute atomic E-state index is 13.0. The highest BCUT2D eigenvalue weighted by molar-refractivity contribution is 7.89. The third kappa shape index (κ3) is 5.81. The Bertz CT molecular complexity index is 1510. The monoisotopic (exact) mass is 547 g/mol. The number of carbonyl (C=O) groups is 1. The minimum atomic E-state index is -3.94. The van der Waals surface area contributed by atoms with Crippen LogP contribution in [0.15, 0.2) is 58.9 Å². The van der Waals surface area contributed by atoms with Crippen molar-refractivity contribution in [2.24, 2.45) is 4.99 Å². The summed E-state index contributed by atoms with van der Waals surface area (Å²) in [5.74, 6) is -0.564. The topological polar surface area (TPSA) is 119 Å². The molecular weight excluding hydrogens is 529 g/mol. The summed E-state index contributed by atoms with van der Waals surface area (Å²) in [7, 11) is -3.94. The normalized spacial score (nSPS) is 12.0. The standard InChI is InChI=1S/C23H19Cl2N5O3S2/c1-2-13-30-21-19(10-9-18(24)20(21)25)34-23(30)28-22(31)16-5-7-17(8-6-16)35(32,33)29(14-3-11-26)15-4-12-27/h2,5-10H,1,3-4,13-15H2. The lowest BCUT2D eigenvalue weighted by atomic mass is 10.2. The van der Waals surface area contributed by atoms with E-state index in [0.717, 1.165) is 9.01 Å². The van der Waals surface area contributed by atoms with Gasteiger partial charge in [0.2, 0.25) is 10.0 Å². The average molecular weight is 548 g/mol. The molecule has 180 valence electrons. The summed E-state index contributed by atoms with van der Waals surface area (Å²) in [6, 6.07) is 12.6. The number of thiazole rings is 1. The molecule has 0 atom stereocenters. The highest BCUT2D eigenvalue weighted by Crippen LogP contribution is 2.32. The molecule has 1 heterocycles. The van der Waals surface area contributed by atoms with Gasteiger partial charge in [0.1, 0.15) is 0 Å². The minimum Gasteiger partial charge on any atom is -0.311 e. The van der Waals surface area contributed by atoms with Crippen molar-refractivity contribution in [2.45, 2.75) is 24.3 Å². The van der Waals surface area contributed by atoms with Gasteiger partial charge in [-0.25, -0.2) is 8.42 Å². The number of halogens is 2. The molecule has 3 rings (SSSR count). The second kappa shape index (κ2) is 11.6. The van der Waals surface area contributed by atoms with Gasteiger partial charge in [0.05, 0.1) is 37.3 Å². The minimum absolute atomic E-state index is 0.00475. The van der Waals surface area contributed by atoms with E-state index in [2.05, 4.69) is 11.6 Å². The van der Waals surface area contributed by atoms with Gasteiger partial charge in [-0.05, 0) is 36.4 Å². The number of carbonyl (C=O) groups excluding carboxylic acids is 1. The zero-order valence-electron chi connectivity index (χ0n) is 18.3. The van der Waals surface area contributed by atoms with Crippen molar-refractivity contribution in [1.82, 2.24) is 8.87 Å². The van der Waals surface area contributed by atoms with Crippen LogP contribution >= 0.6 is 34.5 Å². The van der Waals surface area contributed by atoms with E-state index in [1.807, 2.05) is 12.1 Å². The van der Waals surface area contributed by atoms with Crippen LogP contribution in [0.3, 0.4) is 0 Å². The highest BCUT2D eigenvalue weighted by Gasteiger charge is 2.24. The van der Waals surface area contributed by atoms with Gasteiger partial charge in [0.25, 0.3) is 5.91 Å². The Morgan fingerprint density at radius 2 is 1.74 bits per heavy atom. The summed E-state index contributed by atoms with van der Waals surface area (Å²) >= 11 is 13.8. The van der Waals surface area contributed by atoms with Crippen molar-refractivity contribution in [3.63, 3.8) is 0 Å². The van der Waals surface area contributed by atoms with Crippen LogP contribution in [0, 0.1) is 22.7 Å². The van der Waals surface area contributed by atoms with Crippen molar-refractivity contribution in [2.75, 3.05) is 13.1 Å². The van der Waals surface area contributed by atoms with Gasteiger partial charge in [-0.15, -0.1) is 6.58 Å². The smallest absolute Gasteiger partial charge is 0.279 e. The van der Waals surface area contributed by atoms with Crippen LogP contribution in [0.25, 0.3) is 10.2 Å². The van der Waals surface area contributed by atoms with Crippen molar-refractivity contribution < 1.29 is 13.2 Å². The van der Waals surface area contributed by atoms with Crippen LogP contribution in [-0.2, 0) is 16.6 Å². The maximum Gasteiger partial charge on any atom is 0.279 e. The average Bonchev–Trinajstić information content (AvgIpc) is 3.19. The molecule has 0 saturated carbocycles. The van der Waals surface area contributed by atoms with E-state index < -0.39 is 15.9 Å². The number of hydrogen-bond donors (Lipinski definition) is 0. The molecule has 0 aliphatic carbocycles. The van der Waals surface area contributed by atoms with Crippen LogP contribution in [0.1, 0.15) is 23.2 Å². The van der Waals surface area contributed by atoms with Gasteiger partial charge in [0, 0.05) is 38.0 Å². The number of hydrogen-bond acceptors (Lipinski definition) is 6. The van der Waals surface area contributed by atoms with Gasteiger partial charge in [0.15, 0.2) is 4.80 Å². The predicted molar refractivity (Wildman–Crippen MR) is 136 cm³/mol. The van der Waals surface area contributed by atoms with E-state index in [0.29, 0.717) is 26.9 Å². The third-order valence-electron chi connectivity index (χ3n) is 4.93. The number of sulfonamides is 1. The molecule has 0 N–H and O–H groups in total. The quantitative estimate of drug-likeness (QED) is 0.358. The number of benzene rings is 2. The molecular formula is C23H19Cl2N5O3S2. The molecule has 0 fully saturated rings. The molecule has 1 aromatic heterocycles. The Morgan fingerprint density at radius 1 is 1.11 bits per heavy atom. The Kier molecular flexibility index (Phi) is 8.84. The summed E-state index contributed by atoms with van der Waals surface area (Å²) in [4.78, 5) is 17.5. The van der Waals surface area contributed by atoms with Crippen LogP contribution < -0.4 is 4.80 Å². The van der Waals surface area contributed by atoms with Crippen molar-refractivity contribution >= 4 is 60.7 Å². The van der Waals surface area contributed by atoms with Gasteiger partial charge >= 0.3 is 0 Å². The summed E-state index contributed by atoms with van der Waals surface area (Å²) in [6.45, 7) is 4.03. The zero-order valence-corrected chi connectivity index (χ0v) is 21.5. The highest BCUT2D eigenvalue weighted by atomic mass is 35.5. The molecule has 35 heavy (non-hydrogen) atoms. The summed E-state index contributed by atoms with van der Waals surface area (Å²) < 4.78 is 29.5. The molecule has 2 aromatic carbocycles. The molecule has 8 nitrogen and oxygen atoms in total. The Balaban J connectivity index is 1.96. The number of rotatable bonds is 9. The summed E-state index contributed by atoms with van der Waals surface area (Å²) in [5.41, 5.74) is 0.836. The number of nitrogens with zero attached hydrogens (tertiary/aromatic N) is 5. The molecule has 3 aromatic rings. The first-order chi connectivity index (χ1) is 16.7. The van der Waals surface area contributed by atoms with Gasteiger partial charge < -0.3 is 4.57 Å². The van der Waals surface area contributed by atoms with Crippen molar-refractivity contribution in [3.8, 4) is 12.1 Å². The number of fused-ring (bicyclic) bond motifs is 1. The Hall–Kier alpha value is -2.99. The SMILES string of the molecule is C=CCn1c(=NC(=O)c2ccc(S(=O)(=O)N(CCC#N)CCC#N)cc2)sc2ccc(Cl)c(Cl)c21. The van der Waals surface area contributed by atoms with E-state index in [9.17, 15) is 13.2 Å². The van der Waals surface area contributed by atoms with E-state index >= 15 is 0 Å². The van der Waals surface area contributed by atoms with Gasteiger partial charge in [-0.1, -0.05) is 40.6 Å².